The molecule has 2 heterocycles. The Morgan fingerprint density at radius 1 is 1.60 bits per heavy atom. The van der Waals surface area contributed by atoms with Gasteiger partial charge >= 0.3 is 5.97 Å². The first-order chi connectivity index (χ1) is 9.45. The van der Waals surface area contributed by atoms with E-state index in [-0.39, 0.29) is 11.5 Å². The number of aliphatic carboxylic acids is 1. The van der Waals surface area contributed by atoms with Gasteiger partial charge in [-0.05, 0) is 12.1 Å². The molecule has 0 aliphatic heterocycles. The predicted molar refractivity (Wildman–Crippen MR) is 69.7 cm³/mol. The lowest BCUT2D eigenvalue weighted by Gasteiger charge is -2.13. The van der Waals surface area contributed by atoms with Crippen molar-refractivity contribution >= 4 is 27.0 Å². The van der Waals surface area contributed by atoms with E-state index in [9.17, 15) is 13.2 Å². The van der Waals surface area contributed by atoms with E-state index in [1.165, 1.54) is 19.5 Å². The monoisotopic (exact) mass is 299 g/mol. The molecule has 20 heavy (non-hydrogen) atoms. The SMILES string of the molecule is COCC(NS(=O)(=O)c1c[nH]c2ncccc12)C(=O)O. The Labute approximate surface area is 114 Å². The molecule has 0 bridgehead atoms. The third-order valence-corrected chi connectivity index (χ3v) is 4.14. The van der Waals surface area contributed by atoms with Gasteiger partial charge in [0.1, 0.15) is 16.6 Å². The van der Waals surface area contributed by atoms with Gasteiger partial charge in [0.25, 0.3) is 0 Å². The van der Waals surface area contributed by atoms with Crippen molar-refractivity contribution in [1.82, 2.24) is 14.7 Å². The fraction of sp³-hybridized carbons (Fsp3) is 0.273. The van der Waals surface area contributed by atoms with Crippen molar-refractivity contribution < 1.29 is 23.1 Å². The highest BCUT2D eigenvalue weighted by Crippen LogP contribution is 2.20. The number of H-pyrrole nitrogens is 1. The molecule has 0 saturated carbocycles. The molecule has 108 valence electrons. The number of nitrogens with zero attached hydrogens (tertiary/aromatic N) is 1. The molecule has 1 unspecified atom stereocenters. The second kappa shape index (κ2) is 5.57. The van der Waals surface area contributed by atoms with Gasteiger partial charge in [-0.2, -0.15) is 4.72 Å². The number of pyridine rings is 1. The Balaban J connectivity index is 2.37. The minimum absolute atomic E-state index is 0.0528. The first-order valence-corrected chi connectivity index (χ1v) is 7.10. The van der Waals surface area contributed by atoms with E-state index in [2.05, 4.69) is 19.4 Å². The fourth-order valence-electron chi connectivity index (χ4n) is 1.73. The summed E-state index contributed by atoms with van der Waals surface area (Å²) < 4.78 is 31.2. The van der Waals surface area contributed by atoms with Crippen molar-refractivity contribution in [3.8, 4) is 0 Å². The molecule has 0 aliphatic rings. The number of carboxylic acids is 1. The number of methoxy groups -OCH3 is 1. The van der Waals surface area contributed by atoms with E-state index >= 15 is 0 Å². The summed E-state index contributed by atoms with van der Waals surface area (Å²) in [6.07, 6.45) is 2.79. The quantitative estimate of drug-likeness (QED) is 0.687. The van der Waals surface area contributed by atoms with Crippen molar-refractivity contribution in [3.05, 3.63) is 24.5 Å². The number of hydrogen-bond acceptors (Lipinski definition) is 5. The summed E-state index contributed by atoms with van der Waals surface area (Å²) in [7, 11) is -2.70. The number of rotatable bonds is 6. The summed E-state index contributed by atoms with van der Waals surface area (Å²) in [4.78, 5) is 17.6. The summed E-state index contributed by atoms with van der Waals surface area (Å²) in [5.74, 6) is -1.31. The van der Waals surface area contributed by atoms with Crippen LogP contribution < -0.4 is 4.72 Å². The van der Waals surface area contributed by atoms with Crippen LogP contribution in [0.4, 0.5) is 0 Å². The highest BCUT2D eigenvalue weighted by molar-refractivity contribution is 7.89. The van der Waals surface area contributed by atoms with E-state index in [0.29, 0.717) is 11.0 Å². The highest BCUT2D eigenvalue weighted by atomic mass is 32.2. The summed E-state index contributed by atoms with van der Waals surface area (Å²) in [5.41, 5.74) is 0.409. The maximum absolute atomic E-state index is 12.2. The first-order valence-electron chi connectivity index (χ1n) is 5.62. The number of fused-ring (bicyclic) bond motifs is 1. The summed E-state index contributed by atoms with van der Waals surface area (Å²) >= 11 is 0. The Kier molecular flexibility index (Phi) is 4.02. The van der Waals surface area contributed by atoms with Crippen LogP contribution in [0.15, 0.2) is 29.4 Å². The van der Waals surface area contributed by atoms with Crippen LogP contribution in [-0.2, 0) is 19.6 Å². The number of carbonyl (C=O) groups is 1. The predicted octanol–water partition coefficient (Wildman–Crippen LogP) is -0.0592. The topological polar surface area (TPSA) is 121 Å². The van der Waals surface area contributed by atoms with Crippen LogP contribution >= 0.6 is 0 Å². The third-order valence-electron chi connectivity index (χ3n) is 2.63. The van der Waals surface area contributed by atoms with Crippen molar-refractivity contribution in [2.75, 3.05) is 13.7 Å². The minimum atomic E-state index is -3.99. The lowest BCUT2D eigenvalue weighted by atomic mass is 10.3. The molecule has 9 heteroatoms. The lowest BCUT2D eigenvalue weighted by molar-refractivity contribution is -0.140. The van der Waals surface area contributed by atoms with Crippen LogP contribution in [0.3, 0.4) is 0 Å². The van der Waals surface area contributed by atoms with Crippen LogP contribution in [-0.4, -0.2) is 49.2 Å². The Morgan fingerprint density at radius 3 is 3.00 bits per heavy atom. The molecule has 0 aromatic carbocycles. The number of nitrogens with one attached hydrogen (secondary N) is 2. The Hall–Kier alpha value is -1.97. The van der Waals surface area contributed by atoms with Crippen LogP contribution in [0.1, 0.15) is 0 Å². The first kappa shape index (κ1) is 14.4. The zero-order valence-corrected chi connectivity index (χ0v) is 11.3. The van der Waals surface area contributed by atoms with Gasteiger partial charge in [0.05, 0.1) is 6.61 Å². The standard InChI is InChI=1S/C11H13N3O5S/c1-19-6-8(11(15)16)14-20(17,18)9-5-13-10-7(9)3-2-4-12-10/h2-5,8,14H,6H2,1H3,(H,12,13)(H,15,16). The number of sulfonamides is 1. The number of aromatic nitrogens is 2. The molecular formula is C11H13N3O5S. The Morgan fingerprint density at radius 2 is 2.35 bits per heavy atom. The summed E-state index contributed by atoms with van der Waals surface area (Å²) in [5, 5.41) is 9.34. The molecule has 2 rings (SSSR count). The molecule has 0 radical (unpaired) electrons. The maximum atomic E-state index is 12.2. The zero-order valence-electron chi connectivity index (χ0n) is 10.5. The highest BCUT2D eigenvalue weighted by Gasteiger charge is 2.27. The second-order valence-corrected chi connectivity index (χ2v) is 5.70. The molecule has 1 atom stereocenters. The molecule has 0 spiro atoms. The van der Waals surface area contributed by atoms with Gasteiger partial charge < -0.3 is 14.8 Å². The molecule has 0 aliphatic carbocycles. The Bertz CT molecular complexity index is 724. The molecular weight excluding hydrogens is 286 g/mol. The molecule has 2 aromatic rings. The van der Waals surface area contributed by atoms with Crippen molar-refractivity contribution in [2.24, 2.45) is 0 Å². The number of carboxylic acid groups (broad SMARTS) is 1. The summed E-state index contributed by atoms with van der Waals surface area (Å²) in [6.45, 7) is -0.269. The third kappa shape index (κ3) is 2.79. The van der Waals surface area contributed by atoms with Crippen LogP contribution in [0.2, 0.25) is 0 Å². The molecule has 0 amide bonds. The molecule has 2 aromatic heterocycles. The van der Waals surface area contributed by atoms with Gasteiger partial charge in [0.2, 0.25) is 10.0 Å². The maximum Gasteiger partial charge on any atom is 0.324 e. The van der Waals surface area contributed by atoms with Crippen molar-refractivity contribution in [1.29, 1.82) is 0 Å². The van der Waals surface area contributed by atoms with Gasteiger partial charge in [-0.25, -0.2) is 13.4 Å². The van der Waals surface area contributed by atoms with E-state index in [0.717, 1.165) is 0 Å². The van der Waals surface area contributed by atoms with Crippen LogP contribution in [0.5, 0.6) is 0 Å². The molecule has 0 fully saturated rings. The van der Waals surface area contributed by atoms with Gasteiger partial charge in [-0.15, -0.1) is 0 Å². The largest absolute Gasteiger partial charge is 0.480 e. The van der Waals surface area contributed by atoms with Crippen molar-refractivity contribution in [2.45, 2.75) is 10.9 Å². The fourth-order valence-corrected chi connectivity index (χ4v) is 3.06. The lowest BCUT2D eigenvalue weighted by Crippen LogP contribution is -2.43. The average Bonchev–Trinajstić information content (AvgIpc) is 2.82. The van der Waals surface area contributed by atoms with E-state index in [1.807, 2.05) is 0 Å². The average molecular weight is 299 g/mol. The minimum Gasteiger partial charge on any atom is -0.480 e. The molecule has 3 N–H and O–H groups in total. The van der Waals surface area contributed by atoms with Gasteiger partial charge in [0, 0.05) is 24.9 Å². The number of ether oxygens (including phenoxy) is 1. The van der Waals surface area contributed by atoms with Gasteiger partial charge in [0.15, 0.2) is 0 Å². The van der Waals surface area contributed by atoms with Crippen molar-refractivity contribution in [3.63, 3.8) is 0 Å². The normalized spacial score (nSPS) is 13.4. The van der Waals surface area contributed by atoms with Gasteiger partial charge in [-0.1, -0.05) is 0 Å². The van der Waals surface area contributed by atoms with Crippen LogP contribution in [0.25, 0.3) is 11.0 Å². The summed E-state index contributed by atoms with van der Waals surface area (Å²) in [6, 6.07) is 1.82. The zero-order chi connectivity index (χ0) is 14.8. The van der Waals surface area contributed by atoms with Crippen LogP contribution in [0, 0.1) is 0 Å². The van der Waals surface area contributed by atoms with Gasteiger partial charge in [-0.3, -0.25) is 4.79 Å². The number of aromatic amines is 1. The molecule has 0 saturated heterocycles. The smallest absolute Gasteiger partial charge is 0.324 e. The number of hydrogen-bond donors (Lipinski definition) is 3. The molecule has 8 nitrogen and oxygen atoms in total. The van der Waals surface area contributed by atoms with E-state index < -0.39 is 22.0 Å². The van der Waals surface area contributed by atoms with E-state index in [1.54, 1.807) is 12.1 Å². The van der Waals surface area contributed by atoms with E-state index in [4.69, 9.17) is 5.11 Å². The second-order valence-electron chi connectivity index (χ2n) is 4.02.